The normalized spacial score (nSPS) is 20.7. The average Bonchev–Trinajstić information content (AvgIpc) is 3.48. The summed E-state index contributed by atoms with van der Waals surface area (Å²) in [5, 5.41) is 8.86. The molecule has 52 heavy (non-hydrogen) atoms. The lowest BCUT2D eigenvalue weighted by Gasteiger charge is -2.41. The van der Waals surface area contributed by atoms with E-state index in [1.165, 1.54) is 11.3 Å². The summed E-state index contributed by atoms with van der Waals surface area (Å²) in [7, 11) is 4.89. The van der Waals surface area contributed by atoms with Crippen LogP contribution in [-0.2, 0) is 35.1 Å². The van der Waals surface area contributed by atoms with Crippen LogP contribution in [-0.4, -0.2) is 102 Å². The molecule has 1 aliphatic heterocycles. The summed E-state index contributed by atoms with van der Waals surface area (Å²) in [4.78, 5) is 62.9. The second-order valence-electron chi connectivity index (χ2n) is 15.1. The Labute approximate surface area is 313 Å². The van der Waals surface area contributed by atoms with Crippen LogP contribution in [0.1, 0.15) is 89.8 Å². The molecule has 8 unspecified atom stereocenters. The zero-order chi connectivity index (χ0) is 38.2. The number of hydrogen-bond acceptors (Lipinski definition) is 9. The topological polar surface area (TPSA) is 156 Å². The number of thiazole rings is 1. The van der Waals surface area contributed by atoms with Crippen LogP contribution in [0.3, 0.4) is 0 Å². The van der Waals surface area contributed by atoms with Crippen molar-refractivity contribution in [3.63, 3.8) is 0 Å². The van der Waals surface area contributed by atoms with Crippen molar-refractivity contribution in [1.82, 2.24) is 25.4 Å². The van der Waals surface area contributed by atoms with Gasteiger partial charge in [0.2, 0.25) is 23.6 Å². The fourth-order valence-electron chi connectivity index (χ4n) is 7.45. The van der Waals surface area contributed by atoms with Gasteiger partial charge in [-0.3, -0.25) is 19.2 Å². The highest BCUT2D eigenvalue weighted by Gasteiger charge is 2.48. The van der Waals surface area contributed by atoms with E-state index in [2.05, 4.69) is 15.6 Å². The molecule has 1 saturated heterocycles. The number of amides is 4. The molecule has 1 saturated carbocycles. The molecule has 1 aromatic carbocycles. The number of likely N-dealkylation sites (tertiary alicyclic amines) is 1. The second-order valence-corrected chi connectivity index (χ2v) is 16.0. The maximum absolute atomic E-state index is 14.2. The molecular formula is C39H60N6O6S. The SMILES string of the molecule is CCC(C)C(C(CC(=O)N1CCCC1C(OC)C(C)C(=O)NC(Cc1ccccc1)c1nccs1)OC)N(C)C(=O)C(NC(=O)C1(N)CC1)C(C)C. The van der Waals surface area contributed by atoms with E-state index in [-0.39, 0.29) is 54.0 Å². The molecule has 4 amide bonds. The Bertz CT molecular complexity index is 1470. The molecule has 0 radical (unpaired) electrons. The largest absolute Gasteiger partial charge is 0.379 e. The molecule has 12 nitrogen and oxygen atoms in total. The predicted molar refractivity (Wildman–Crippen MR) is 202 cm³/mol. The van der Waals surface area contributed by atoms with Gasteiger partial charge < -0.3 is 35.6 Å². The molecule has 2 heterocycles. The van der Waals surface area contributed by atoms with E-state index < -0.39 is 35.7 Å². The van der Waals surface area contributed by atoms with Gasteiger partial charge in [-0.15, -0.1) is 11.3 Å². The van der Waals surface area contributed by atoms with Gasteiger partial charge in [0, 0.05) is 39.4 Å². The number of ether oxygens (including phenoxy) is 2. The lowest BCUT2D eigenvalue weighted by Crippen LogP contribution is -2.59. The first kappa shape index (κ1) is 41.4. The Morgan fingerprint density at radius 1 is 1.08 bits per heavy atom. The van der Waals surface area contributed by atoms with Crippen LogP contribution in [0.25, 0.3) is 0 Å². The molecule has 288 valence electrons. The van der Waals surface area contributed by atoms with E-state index in [1.807, 2.05) is 75.2 Å². The third-order valence-electron chi connectivity index (χ3n) is 11.1. The fourth-order valence-corrected chi connectivity index (χ4v) is 8.13. The van der Waals surface area contributed by atoms with Crippen LogP contribution < -0.4 is 16.4 Å². The highest BCUT2D eigenvalue weighted by molar-refractivity contribution is 7.09. The summed E-state index contributed by atoms with van der Waals surface area (Å²) in [5.74, 6) is -1.56. The molecule has 4 rings (SSSR count). The summed E-state index contributed by atoms with van der Waals surface area (Å²) in [6, 6.07) is 8.19. The smallest absolute Gasteiger partial charge is 0.245 e. The van der Waals surface area contributed by atoms with Gasteiger partial charge in [-0.2, -0.15) is 0 Å². The Kier molecular flexibility index (Phi) is 14.8. The monoisotopic (exact) mass is 740 g/mol. The van der Waals surface area contributed by atoms with E-state index >= 15 is 0 Å². The lowest BCUT2D eigenvalue weighted by molar-refractivity contribution is -0.147. The van der Waals surface area contributed by atoms with Gasteiger partial charge in [0.1, 0.15) is 11.0 Å². The van der Waals surface area contributed by atoms with Crippen molar-refractivity contribution >= 4 is 35.0 Å². The molecule has 2 fully saturated rings. The molecule has 8 atom stereocenters. The van der Waals surface area contributed by atoms with E-state index in [0.717, 1.165) is 23.4 Å². The minimum absolute atomic E-state index is 0.00835. The Morgan fingerprint density at radius 2 is 1.77 bits per heavy atom. The quantitative estimate of drug-likeness (QED) is 0.195. The molecular weight excluding hydrogens is 681 g/mol. The Hall–Kier alpha value is -3.39. The molecule has 2 aromatic rings. The molecule has 4 N–H and O–H groups in total. The highest BCUT2D eigenvalue weighted by atomic mass is 32.1. The van der Waals surface area contributed by atoms with E-state index in [9.17, 15) is 19.2 Å². The number of likely N-dealkylation sites (N-methyl/N-ethyl adjacent to an activating group) is 1. The summed E-state index contributed by atoms with van der Waals surface area (Å²) in [5.41, 5.74) is 6.33. The fraction of sp³-hybridized carbons (Fsp3) is 0.667. The lowest BCUT2D eigenvalue weighted by atomic mass is 9.89. The van der Waals surface area contributed by atoms with Crippen molar-refractivity contribution in [3.05, 3.63) is 52.5 Å². The number of nitrogens with one attached hydrogen (secondary N) is 2. The number of methoxy groups -OCH3 is 2. The Morgan fingerprint density at radius 3 is 2.33 bits per heavy atom. The molecule has 0 spiro atoms. The number of nitrogens with zero attached hydrogens (tertiary/aromatic N) is 3. The number of rotatable bonds is 19. The van der Waals surface area contributed by atoms with Gasteiger partial charge in [0.15, 0.2) is 0 Å². The zero-order valence-corrected chi connectivity index (χ0v) is 33.0. The first-order valence-electron chi connectivity index (χ1n) is 18.7. The number of carbonyl (C=O) groups is 4. The summed E-state index contributed by atoms with van der Waals surface area (Å²) < 4.78 is 12.0. The van der Waals surface area contributed by atoms with Crippen molar-refractivity contribution in [2.24, 2.45) is 23.5 Å². The van der Waals surface area contributed by atoms with Crippen LogP contribution in [0.15, 0.2) is 41.9 Å². The second kappa shape index (κ2) is 18.6. The van der Waals surface area contributed by atoms with Crippen molar-refractivity contribution in [2.45, 2.75) is 121 Å². The van der Waals surface area contributed by atoms with Gasteiger partial charge >= 0.3 is 0 Å². The minimum atomic E-state index is -0.904. The maximum Gasteiger partial charge on any atom is 0.245 e. The van der Waals surface area contributed by atoms with E-state index in [1.54, 1.807) is 32.4 Å². The van der Waals surface area contributed by atoms with Crippen molar-refractivity contribution in [2.75, 3.05) is 27.8 Å². The number of aromatic nitrogens is 1. The Balaban J connectivity index is 1.47. The number of benzene rings is 1. The summed E-state index contributed by atoms with van der Waals surface area (Å²) >= 11 is 1.50. The van der Waals surface area contributed by atoms with Gasteiger partial charge in [0.25, 0.3) is 0 Å². The van der Waals surface area contributed by atoms with Gasteiger partial charge in [-0.25, -0.2) is 4.98 Å². The number of hydrogen-bond donors (Lipinski definition) is 3. The average molecular weight is 741 g/mol. The van der Waals surface area contributed by atoms with Crippen LogP contribution in [0.2, 0.25) is 0 Å². The third-order valence-corrected chi connectivity index (χ3v) is 12.0. The van der Waals surface area contributed by atoms with E-state index in [0.29, 0.717) is 32.2 Å². The molecule has 13 heteroatoms. The van der Waals surface area contributed by atoms with Crippen molar-refractivity contribution in [3.8, 4) is 0 Å². The highest BCUT2D eigenvalue weighted by Crippen LogP contribution is 2.33. The predicted octanol–water partition coefficient (Wildman–Crippen LogP) is 4.10. The summed E-state index contributed by atoms with van der Waals surface area (Å²) in [6.07, 6.45) is 4.67. The van der Waals surface area contributed by atoms with Crippen molar-refractivity contribution < 1.29 is 28.7 Å². The van der Waals surface area contributed by atoms with Gasteiger partial charge in [-0.1, -0.05) is 71.4 Å². The van der Waals surface area contributed by atoms with Crippen LogP contribution >= 0.6 is 11.3 Å². The van der Waals surface area contributed by atoms with Gasteiger partial charge in [-0.05, 0) is 49.5 Å². The minimum Gasteiger partial charge on any atom is -0.379 e. The van der Waals surface area contributed by atoms with Crippen LogP contribution in [0.5, 0.6) is 0 Å². The van der Waals surface area contributed by atoms with Crippen LogP contribution in [0, 0.1) is 17.8 Å². The summed E-state index contributed by atoms with van der Waals surface area (Å²) in [6.45, 7) is 10.3. The molecule has 1 aliphatic carbocycles. The molecule has 0 bridgehead atoms. The molecule has 1 aromatic heterocycles. The third kappa shape index (κ3) is 9.97. The molecule has 2 aliphatic rings. The first-order chi connectivity index (χ1) is 24.8. The van der Waals surface area contributed by atoms with Gasteiger partial charge in [0.05, 0.1) is 48.2 Å². The number of nitrogens with two attached hydrogens (primary N) is 1. The van der Waals surface area contributed by atoms with Crippen molar-refractivity contribution in [1.29, 1.82) is 0 Å². The number of carbonyl (C=O) groups excluding carboxylic acids is 4. The first-order valence-corrected chi connectivity index (χ1v) is 19.6. The van der Waals surface area contributed by atoms with E-state index in [4.69, 9.17) is 15.2 Å². The van der Waals surface area contributed by atoms with Crippen LogP contribution in [0.4, 0.5) is 0 Å². The maximum atomic E-state index is 14.2. The standard InChI is InChI=1S/C39H60N6O6S/c1-9-25(4)33(44(6)37(48)32(24(2)3)43-38(49)39(40)17-18-39)30(50-7)23-31(46)45-20-13-16-29(45)34(51-8)26(5)35(47)42-28(36-41-19-21-52-36)22-27-14-11-10-12-15-27/h10-12,14-15,19,21,24-26,28-30,32-34H,9,13,16-18,20,22-23,40H2,1-8H3,(H,42,47)(H,43,49). The zero-order valence-electron chi connectivity index (χ0n) is 32.2.